The lowest BCUT2D eigenvalue weighted by Crippen LogP contribution is -3.00. The molecule has 0 saturated carbocycles. The van der Waals surface area contributed by atoms with Crippen LogP contribution >= 0.6 is 0 Å². The molecule has 0 unspecified atom stereocenters. The summed E-state index contributed by atoms with van der Waals surface area (Å²) in [5.74, 6) is 2.31. The summed E-state index contributed by atoms with van der Waals surface area (Å²) in [6, 6.07) is 0. The molecular formula is C7H17IS. The minimum absolute atomic E-state index is 0. The molecule has 0 spiro atoms. The molecule has 0 amide bonds. The van der Waals surface area contributed by atoms with Crippen LogP contribution in [0.4, 0.5) is 0 Å². The van der Waals surface area contributed by atoms with Crippen molar-refractivity contribution in [3.8, 4) is 0 Å². The van der Waals surface area contributed by atoms with Crippen LogP contribution in [-0.4, -0.2) is 18.3 Å². The molecule has 0 aromatic heterocycles. The lowest BCUT2D eigenvalue weighted by Gasteiger charge is -1.99. The van der Waals surface area contributed by atoms with Crippen LogP contribution in [0.25, 0.3) is 0 Å². The number of halogens is 1. The molecule has 0 saturated heterocycles. The lowest BCUT2D eigenvalue weighted by atomic mass is 10.2. The average molecular weight is 260 g/mol. The zero-order valence-electron chi connectivity index (χ0n) is 6.78. The van der Waals surface area contributed by atoms with E-state index < -0.39 is 0 Å². The highest BCUT2D eigenvalue weighted by Crippen LogP contribution is 2.00. The van der Waals surface area contributed by atoms with E-state index in [-0.39, 0.29) is 24.0 Å². The highest BCUT2D eigenvalue weighted by atomic mass is 127. The predicted molar refractivity (Wildman–Crippen MR) is 43.5 cm³/mol. The molecule has 0 radical (unpaired) electrons. The Morgan fingerprint density at radius 1 is 1.22 bits per heavy atom. The first kappa shape index (κ1) is 12.7. The minimum Gasteiger partial charge on any atom is -1.00 e. The Bertz CT molecular complexity index is 44.9. The molecule has 0 heterocycles. The Balaban J connectivity index is 0. The molecular weight excluding hydrogens is 243 g/mol. The van der Waals surface area contributed by atoms with Crippen molar-refractivity contribution in [1.82, 2.24) is 0 Å². The van der Waals surface area contributed by atoms with Crippen LogP contribution < -0.4 is 24.0 Å². The number of hydrogen-bond donors (Lipinski definition) is 0. The zero-order chi connectivity index (χ0) is 6.57. The van der Waals surface area contributed by atoms with Gasteiger partial charge in [0.1, 0.15) is 5.75 Å². The van der Waals surface area contributed by atoms with Crippen LogP contribution in [0.3, 0.4) is 0 Å². The molecule has 0 aromatic carbocycles. The van der Waals surface area contributed by atoms with Crippen LogP contribution in [0.2, 0.25) is 0 Å². The summed E-state index contributed by atoms with van der Waals surface area (Å²) in [7, 11) is 0.664. The fraction of sp³-hybridized carbons (Fsp3) is 1.00. The topological polar surface area (TPSA) is 0 Å². The largest absolute Gasteiger partial charge is 1.00 e. The summed E-state index contributed by atoms with van der Waals surface area (Å²) in [6.45, 7) is 4.57. The minimum atomic E-state index is 0. The van der Waals surface area contributed by atoms with Gasteiger partial charge in [-0.1, -0.05) is 13.8 Å². The van der Waals surface area contributed by atoms with Crippen molar-refractivity contribution in [2.45, 2.75) is 20.3 Å². The molecule has 0 aromatic rings. The van der Waals surface area contributed by atoms with E-state index in [2.05, 4.69) is 26.4 Å². The van der Waals surface area contributed by atoms with Gasteiger partial charge in [-0.05, 0) is 23.2 Å². The molecule has 0 N–H and O–H groups in total. The Hall–Kier alpha value is 1.08. The van der Waals surface area contributed by atoms with Crippen LogP contribution in [0.1, 0.15) is 20.3 Å². The molecule has 0 rings (SSSR count). The molecule has 2 heteroatoms. The van der Waals surface area contributed by atoms with Crippen LogP contribution in [-0.2, 0) is 10.9 Å². The van der Waals surface area contributed by atoms with E-state index in [1.807, 2.05) is 0 Å². The van der Waals surface area contributed by atoms with Gasteiger partial charge in [-0.25, -0.2) is 0 Å². The zero-order valence-corrected chi connectivity index (χ0v) is 9.75. The highest BCUT2D eigenvalue weighted by Gasteiger charge is 2.02. The van der Waals surface area contributed by atoms with E-state index in [0.717, 1.165) is 5.92 Å². The van der Waals surface area contributed by atoms with E-state index in [1.165, 1.54) is 12.2 Å². The molecule has 9 heavy (non-hydrogen) atoms. The second kappa shape index (κ2) is 7.19. The van der Waals surface area contributed by atoms with Crippen molar-refractivity contribution in [2.24, 2.45) is 5.92 Å². The summed E-state index contributed by atoms with van der Waals surface area (Å²) >= 11 is 0. The maximum atomic E-state index is 2.31. The van der Waals surface area contributed by atoms with Crippen molar-refractivity contribution in [2.75, 3.05) is 18.3 Å². The van der Waals surface area contributed by atoms with Crippen molar-refractivity contribution in [3.63, 3.8) is 0 Å². The molecule has 0 aliphatic heterocycles. The van der Waals surface area contributed by atoms with E-state index in [1.54, 1.807) is 0 Å². The van der Waals surface area contributed by atoms with Crippen LogP contribution in [0.15, 0.2) is 0 Å². The second-order valence-corrected chi connectivity index (χ2v) is 5.25. The standard InChI is InChI=1S/C7H17S.HI/c1-7(2)5-6-8(3)4;/h7H,5-6H2,1-4H3;1H/q+1;/p-1. The summed E-state index contributed by atoms with van der Waals surface area (Å²) in [5.41, 5.74) is 0. The Morgan fingerprint density at radius 2 is 1.67 bits per heavy atom. The number of hydrogen-bond acceptors (Lipinski definition) is 0. The van der Waals surface area contributed by atoms with Gasteiger partial charge in [0.05, 0.1) is 12.5 Å². The molecule has 0 nitrogen and oxygen atoms in total. The van der Waals surface area contributed by atoms with Gasteiger partial charge in [0.15, 0.2) is 0 Å². The first-order valence-electron chi connectivity index (χ1n) is 3.17. The van der Waals surface area contributed by atoms with E-state index in [0.29, 0.717) is 10.9 Å². The quantitative estimate of drug-likeness (QED) is 0.447. The molecule has 0 aliphatic carbocycles. The van der Waals surface area contributed by atoms with Crippen molar-refractivity contribution in [1.29, 1.82) is 0 Å². The van der Waals surface area contributed by atoms with Gasteiger partial charge in [-0.2, -0.15) is 0 Å². The highest BCUT2D eigenvalue weighted by molar-refractivity contribution is 7.95. The molecule has 58 valence electrons. The van der Waals surface area contributed by atoms with Gasteiger partial charge < -0.3 is 24.0 Å². The van der Waals surface area contributed by atoms with Gasteiger partial charge in [-0.15, -0.1) is 0 Å². The second-order valence-electron chi connectivity index (χ2n) is 2.87. The summed E-state index contributed by atoms with van der Waals surface area (Å²) < 4.78 is 0. The monoisotopic (exact) mass is 260 g/mol. The van der Waals surface area contributed by atoms with Gasteiger partial charge in [-0.3, -0.25) is 0 Å². The molecule has 0 bridgehead atoms. The average Bonchev–Trinajstić information content (AvgIpc) is 1.61. The summed E-state index contributed by atoms with van der Waals surface area (Å²) in [5, 5.41) is 0. The molecule has 0 atom stereocenters. The Morgan fingerprint density at radius 3 is 1.78 bits per heavy atom. The van der Waals surface area contributed by atoms with E-state index in [4.69, 9.17) is 0 Å². The maximum Gasteiger partial charge on any atom is 0.107 e. The molecule has 0 fully saturated rings. The molecule has 0 aliphatic rings. The van der Waals surface area contributed by atoms with Gasteiger partial charge in [0.25, 0.3) is 0 Å². The third-order valence-corrected chi connectivity index (χ3v) is 2.16. The summed E-state index contributed by atoms with van der Waals surface area (Å²) in [4.78, 5) is 0. The Kier molecular flexibility index (Phi) is 10.2. The van der Waals surface area contributed by atoms with Gasteiger partial charge >= 0.3 is 0 Å². The van der Waals surface area contributed by atoms with Crippen molar-refractivity contribution < 1.29 is 24.0 Å². The van der Waals surface area contributed by atoms with Gasteiger partial charge in [0.2, 0.25) is 0 Å². The number of rotatable bonds is 3. The Labute approximate surface area is 79.2 Å². The lowest BCUT2D eigenvalue weighted by molar-refractivity contribution is -0.00000208. The SMILES string of the molecule is CC(C)CC[S+](C)C.[I-]. The predicted octanol–water partition coefficient (Wildman–Crippen LogP) is -1.09. The fourth-order valence-electron chi connectivity index (χ4n) is 0.471. The third-order valence-electron chi connectivity index (χ3n) is 1.10. The van der Waals surface area contributed by atoms with Crippen LogP contribution in [0, 0.1) is 5.92 Å². The van der Waals surface area contributed by atoms with E-state index in [9.17, 15) is 0 Å². The smallest absolute Gasteiger partial charge is 0.107 e. The van der Waals surface area contributed by atoms with Crippen molar-refractivity contribution >= 4 is 10.9 Å². The third kappa shape index (κ3) is 12.3. The maximum absolute atomic E-state index is 2.31. The first-order valence-corrected chi connectivity index (χ1v) is 5.38. The summed E-state index contributed by atoms with van der Waals surface area (Å²) in [6.07, 6.45) is 6.01. The van der Waals surface area contributed by atoms with Gasteiger partial charge in [0, 0.05) is 0 Å². The van der Waals surface area contributed by atoms with Crippen LogP contribution in [0.5, 0.6) is 0 Å². The van der Waals surface area contributed by atoms with Crippen molar-refractivity contribution in [3.05, 3.63) is 0 Å². The first-order chi connectivity index (χ1) is 3.63. The fourth-order valence-corrected chi connectivity index (χ4v) is 1.41. The normalized spacial score (nSPS) is 10.0. The van der Waals surface area contributed by atoms with E-state index >= 15 is 0 Å².